The third-order valence-corrected chi connectivity index (χ3v) is 5.79. The van der Waals surface area contributed by atoms with Gasteiger partial charge in [0.05, 0.1) is 17.5 Å². The Morgan fingerprint density at radius 1 is 1.14 bits per heavy atom. The number of halogens is 2. The molecule has 0 saturated heterocycles. The second kappa shape index (κ2) is 6.42. The number of alkyl halides is 2. The van der Waals surface area contributed by atoms with Crippen molar-refractivity contribution in [1.29, 1.82) is 0 Å². The van der Waals surface area contributed by atoms with E-state index >= 15 is 0 Å². The molecule has 28 heavy (non-hydrogen) atoms. The summed E-state index contributed by atoms with van der Waals surface area (Å²) < 4.78 is 29.1. The van der Waals surface area contributed by atoms with Crippen molar-refractivity contribution in [1.82, 2.24) is 35.4 Å². The van der Waals surface area contributed by atoms with Crippen LogP contribution in [0, 0.1) is 0 Å². The molecule has 0 spiro atoms. The van der Waals surface area contributed by atoms with E-state index in [0.29, 0.717) is 11.5 Å². The van der Waals surface area contributed by atoms with Gasteiger partial charge in [-0.2, -0.15) is 10.3 Å². The van der Waals surface area contributed by atoms with Crippen molar-refractivity contribution >= 4 is 0 Å². The minimum atomic E-state index is -2.62. The highest BCUT2D eigenvalue weighted by atomic mass is 19.3. The van der Waals surface area contributed by atoms with Crippen molar-refractivity contribution in [2.24, 2.45) is 7.05 Å². The fraction of sp³-hybridized carbons (Fsp3) is 0.526. The van der Waals surface area contributed by atoms with Gasteiger partial charge in [0.25, 0.3) is 0 Å². The third-order valence-electron chi connectivity index (χ3n) is 5.79. The molecule has 0 aliphatic heterocycles. The average Bonchev–Trinajstić information content (AvgIpc) is 3.25. The minimum Gasteiger partial charge on any atom is -0.275 e. The molecule has 3 heterocycles. The maximum Gasteiger partial charge on any atom is 0.249 e. The van der Waals surface area contributed by atoms with Gasteiger partial charge in [0, 0.05) is 48.8 Å². The predicted molar refractivity (Wildman–Crippen MR) is 97.8 cm³/mol. The Morgan fingerprint density at radius 2 is 1.96 bits per heavy atom. The number of pyridine rings is 1. The van der Waals surface area contributed by atoms with E-state index in [2.05, 4.69) is 25.7 Å². The molecule has 3 aromatic rings. The molecular weight excluding hydrogens is 364 g/mol. The largest absolute Gasteiger partial charge is 0.275 e. The summed E-state index contributed by atoms with van der Waals surface area (Å²) in [6.45, 7) is 0. The van der Waals surface area contributed by atoms with E-state index in [4.69, 9.17) is 4.98 Å². The number of aromatic amines is 1. The summed E-state index contributed by atoms with van der Waals surface area (Å²) >= 11 is 0. The van der Waals surface area contributed by atoms with Crippen molar-refractivity contribution < 1.29 is 8.78 Å². The Bertz CT molecular complexity index is 1000. The van der Waals surface area contributed by atoms with E-state index in [1.54, 1.807) is 4.68 Å². The van der Waals surface area contributed by atoms with Gasteiger partial charge in [-0.15, -0.1) is 10.2 Å². The standard InChI is InChI=1S/C19H21F2N7/c1-28-10-12(9-22-28)15-13-5-3-2-4-6-14(13)23-17(11-7-19(20,21)8-11)16(15)18-24-26-27-25-18/h9-11H,2-8H2,1H3,(H,24,25,26,27). The van der Waals surface area contributed by atoms with E-state index in [9.17, 15) is 8.78 Å². The van der Waals surface area contributed by atoms with E-state index in [-0.39, 0.29) is 18.8 Å². The van der Waals surface area contributed by atoms with Crippen molar-refractivity contribution in [3.63, 3.8) is 0 Å². The number of hydrogen-bond donors (Lipinski definition) is 1. The number of hydrogen-bond acceptors (Lipinski definition) is 5. The Hall–Kier alpha value is -2.71. The highest BCUT2D eigenvalue weighted by Gasteiger charge is 2.48. The summed E-state index contributed by atoms with van der Waals surface area (Å²) in [4.78, 5) is 4.93. The molecule has 0 radical (unpaired) electrons. The van der Waals surface area contributed by atoms with Crippen molar-refractivity contribution in [2.45, 2.75) is 56.8 Å². The summed E-state index contributed by atoms with van der Waals surface area (Å²) in [6, 6.07) is 0. The predicted octanol–water partition coefficient (Wildman–Crippen LogP) is 3.44. The van der Waals surface area contributed by atoms with Gasteiger partial charge in [-0.05, 0) is 36.5 Å². The Labute approximate surface area is 160 Å². The van der Waals surface area contributed by atoms with Crippen LogP contribution in [0.2, 0.25) is 0 Å². The monoisotopic (exact) mass is 385 g/mol. The third kappa shape index (κ3) is 2.89. The van der Waals surface area contributed by atoms with Gasteiger partial charge in [-0.1, -0.05) is 6.42 Å². The van der Waals surface area contributed by atoms with Gasteiger partial charge in [-0.25, -0.2) is 8.78 Å². The number of rotatable bonds is 3. The van der Waals surface area contributed by atoms with Crippen LogP contribution in [0.4, 0.5) is 8.78 Å². The van der Waals surface area contributed by atoms with E-state index in [1.807, 2.05) is 19.4 Å². The maximum atomic E-state index is 13.7. The van der Waals surface area contributed by atoms with Gasteiger partial charge in [-0.3, -0.25) is 9.67 Å². The molecule has 146 valence electrons. The zero-order valence-corrected chi connectivity index (χ0v) is 15.6. The van der Waals surface area contributed by atoms with Gasteiger partial charge in [0.15, 0.2) is 0 Å². The van der Waals surface area contributed by atoms with Crippen LogP contribution in [0.3, 0.4) is 0 Å². The molecule has 0 unspecified atom stereocenters. The zero-order valence-electron chi connectivity index (χ0n) is 15.6. The SMILES string of the molecule is Cn1cc(-c2c3c(nc(C4CC(F)(F)C4)c2-c2nn[nH]n2)CCCCC3)cn1. The van der Waals surface area contributed by atoms with Gasteiger partial charge in [0.1, 0.15) is 0 Å². The molecule has 0 bridgehead atoms. The highest BCUT2D eigenvalue weighted by molar-refractivity contribution is 5.85. The average molecular weight is 385 g/mol. The first-order chi connectivity index (χ1) is 13.5. The van der Waals surface area contributed by atoms with Crippen LogP contribution >= 0.6 is 0 Å². The van der Waals surface area contributed by atoms with Gasteiger partial charge >= 0.3 is 0 Å². The molecule has 0 atom stereocenters. The molecule has 0 amide bonds. The summed E-state index contributed by atoms with van der Waals surface area (Å²) in [6.07, 6.45) is 8.43. The summed E-state index contributed by atoms with van der Waals surface area (Å²) in [5.41, 5.74) is 5.51. The van der Waals surface area contributed by atoms with Crippen molar-refractivity contribution in [2.75, 3.05) is 0 Å². The molecule has 2 aliphatic carbocycles. The Kier molecular flexibility index (Phi) is 3.99. The number of aryl methyl sites for hydroxylation is 2. The van der Waals surface area contributed by atoms with Crippen LogP contribution in [-0.4, -0.2) is 41.3 Å². The van der Waals surface area contributed by atoms with E-state index in [0.717, 1.165) is 54.5 Å². The molecule has 9 heteroatoms. The smallest absolute Gasteiger partial charge is 0.249 e. The van der Waals surface area contributed by atoms with Crippen molar-refractivity contribution in [3.05, 3.63) is 29.3 Å². The molecule has 2 aliphatic rings. The van der Waals surface area contributed by atoms with Crippen LogP contribution < -0.4 is 0 Å². The number of aromatic nitrogens is 7. The molecule has 5 rings (SSSR count). The number of tetrazole rings is 1. The zero-order chi connectivity index (χ0) is 19.3. The number of H-pyrrole nitrogens is 1. The van der Waals surface area contributed by atoms with Crippen LogP contribution in [0.1, 0.15) is 55.0 Å². The minimum absolute atomic E-state index is 0.184. The first-order valence-electron chi connectivity index (χ1n) is 9.68. The second-order valence-corrected chi connectivity index (χ2v) is 7.83. The normalized spacial score (nSPS) is 19.1. The lowest BCUT2D eigenvalue weighted by atomic mass is 9.75. The number of nitrogens with zero attached hydrogens (tertiary/aromatic N) is 6. The summed E-state index contributed by atoms with van der Waals surface area (Å²) in [5.74, 6) is -2.52. The first kappa shape index (κ1) is 17.4. The lowest BCUT2D eigenvalue weighted by molar-refractivity contribution is -0.0875. The fourth-order valence-corrected chi connectivity index (χ4v) is 4.45. The molecule has 1 fully saturated rings. The molecular formula is C19H21F2N7. The van der Waals surface area contributed by atoms with Gasteiger partial charge < -0.3 is 0 Å². The number of fused-ring (bicyclic) bond motifs is 1. The molecule has 1 N–H and O–H groups in total. The molecule has 1 saturated carbocycles. The Balaban J connectivity index is 1.79. The lowest BCUT2D eigenvalue weighted by Crippen LogP contribution is -2.34. The topological polar surface area (TPSA) is 85.2 Å². The van der Waals surface area contributed by atoms with E-state index < -0.39 is 5.92 Å². The summed E-state index contributed by atoms with van der Waals surface area (Å²) in [7, 11) is 1.87. The molecule has 3 aromatic heterocycles. The first-order valence-corrected chi connectivity index (χ1v) is 9.68. The van der Waals surface area contributed by atoms with Crippen LogP contribution in [-0.2, 0) is 19.9 Å². The number of nitrogens with one attached hydrogen (secondary N) is 1. The molecule has 7 nitrogen and oxygen atoms in total. The Morgan fingerprint density at radius 3 is 2.64 bits per heavy atom. The van der Waals surface area contributed by atoms with Crippen LogP contribution in [0.5, 0.6) is 0 Å². The molecule has 0 aromatic carbocycles. The van der Waals surface area contributed by atoms with Crippen LogP contribution in [0.15, 0.2) is 12.4 Å². The second-order valence-electron chi connectivity index (χ2n) is 7.83. The van der Waals surface area contributed by atoms with E-state index in [1.165, 1.54) is 5.56 Å². The maximum absolute atomic E-state index is 13.7. The fourth-order valence-electron chi connectivity index (χ4n) is 4.45. The van der Waals surface area contributed by atoms with Gasteiger partial charge in [0.2, 0.25) is 11.7 Å². The van der Waals surface area contributed by atoms with Crippen LogP contribution in [0.25, 0.3) is 22.5 Å². The lowest BCUT2D eigenvalue weighted by Gasteiger charge is -2.36. The highest BCUT2D eigenvalue weighted by Crippen LogP contribution is 2.51. The summed E-state index contributed by atoms with van der Waals surface area (Å²) in [5, 5.41) is 18.9. The quantitative estimate of drug-likeness (QED) is 0.698. The van der Waals surface area contributed by atoms with Crippen molar-refractivity contribution in [3.8, 4) is 22.5 Å².